The van der Waals surface area contributed by atoms with Crippen LogP contribution in [0.1, 0.15) is 11.8 Å². The highest BCUT2D eigenvalue weighted by atomic mass is 35.5. The molecular formula is C12H11ClO2S2. The highest BCUT2D eigenvalue weighted by Crippen LogP contribution is 2.28. The average Bonchev–Trinajstić information content (AvgIpc) is 2.78. The minimum absolute atomic E-state index is 0.284. The molecule has 1 heterocycles. The Morgan fingerprint density at radius 2 is 1.76 bits per heavy atom. The third kappa shape index (κ3) is 2.54. The standard InChI is InChI=1S/C12H11ClO2S2/c1-2-10-5-8-12(16-10)17(14,15)11-6-3-9(13)4-7-11/h3-8H,2H2,1H3. The van der Waals surface area contributed by atoms with E-state index in [1.54, 1.807) is 18.2 Å². The summed E-state index contributed by atoms with van der Waals surface area (Å²) in [4.78, 5) is 1.35. The van der Waals surface area contributed by atoms with Gasteiger partial charge in [-0.25, -0.2) is 8.42 Å². The van der Waals surface area contributed by atoms with Crippen LogP contribution in [-0.4, -0.2) is 8.42 Å². The Kier molecular flexibility index (Phi) is 3.56. The Morgan fingerprint density at radius 1 is 1.12 bits per heavy atom. The lowest BCUT2D eigenvalue weighted by Gasteiger charge is -2.01. The zero-order valence-corrected chi connectivity index (χ0v) is 11.6. The SMILES string of the molecule is CCc1ccc(S(=O)(=O)c2ccc(Cl)cc2)s1. The van der Waals surface area contributed by atoms with Crippen LogP contribution in [0.4, 0.5) is 0 Å². The smallest absolute Gasteiger partial charge is 0.215 e. The van der Waals surface area contributed by atoms with Crippen molar-refractivity contribution in [1.29, 1.82) is 0 Å². The molecule has 0 N–H and O–H groups in total. The first-order chi connectivity index (χ1) is 8.04. The molecule has 0 fully saturated rings. The van der Waals surface area contributed by atoms with E-state index in [1.807, 2.05) is 13.0 Å². The number of sulfone groups is 1. The summed E-state index contributed by atoms with van der Waals surface area (Å²) in [5.41, 5.74) is 0. The number of rotatable bonds is 3. The summed E-state index contributed by atoms with van der Waals surface area (Å²) in [5, 5.41) is 0.532. The molecule has 90 valence electrons. The van der Waals surface area contributed by atoms with Crippen molar-refractivity contribution in [2.24, 2.45) is 0 Å². The number of thiophene rings is 1. The summed E-state index contributed by atoms with van der Waals surface area (Å²) >= 11 is 7.06. The second-order valence-corrected chi connectivity index (χ2v) is 7.31. The maximum Gasteiger partial charge on any atom is 0.215 e. The van der Waals surface area contributed by atoms with Crippen molar-refractivity contribution < 1.29 is 8.42 Å². The highest BCUT2D eigenvalue weighted by molar-refractivity contribution is 7.93. The summed E-state index contributed by atoms with van der Waals surface area (Å²) in [6.07, 6.45) is 0.848. The molecule has 2 rings (SSSR count). The Hall–Kier alpha value is -0.840. The number of hydrogen-bond acceptors (Lipinski definition) is 3. The first kappa shape index (κ1) is 12.6. The molecule has 0 aliphatic heterocycles. The van der Waals surface area contributed by atoms with Crippen LogP contribution in [0.2, 0.25) is 5.02 Å². The van der Waals surface area contributed by atoms with Gasteiger partial charge in [-0.05, 0) is 42.8 Å². The first-order valence-corrected chi connectivity index (χ1v) is 7.81. The van der Waals surface area contributed by atoms with Gasteiger partial charge in [-0.15, -0.1) is 11.3 Å². The Balaban J connectivity index is 2.46. The molecule has 0 saturated heterocycles. The molecule has 2 aromatic rings. The van der Waals surface area contributed by atoms with Gasteiger partial charge in [-0.2, -0.15) is 0 Å². The molecule has 0 unspecified atom stereocenters. The molecule has 1 aromatic heterocycles. The molecule has 0 saturated carbocycles. The number of halogens is 1. The van der Waals surface area contributed by atoms with E-state index in [4.69, 9.17) is 11.6 Å². The van der Waals surface area contributed by atoms with E-state index >= 15 is 0 Å². The van der Waals surface area contributed by atoms with E-state index in [-0.39, 0.29) is 4.90 Å². The van der Waals surface area contributed by atoms with Gasteiger partial charge in [0.25, 0.3) is 0 Å². The number of hydrogen-bond donors (Lipinski definition) is 0. The number of benzene rings is 1. The Bertz CT molecular complexity index is 612. The molecule has 2 nitrogen and oxygen atoms in total. The van der Waals surface area contributed by atoms with E-state index in [1.165, 1.54) is 23.5 Å². The van der Waals surface area contributed by atoms with Gasteiger partial charge in [0, 0.05) is 9.90 Å². The summed E-state index contributed by atoms with van der Waals surface area (Å²) in [5.74, 6) is 0. The van der Waals surface area contributed by atoms with Crippen LogP contribution in [-0.2, 0) is 16.3 Å². The molecule has 5 heteroatoms. The van der Waals surface area contributed by atoms with E-state index in [2.05, 4.69) is 0 Å². The van der Waals surface area contributed by atoms with E-state index in [0.29, 0.717) is 9.23 Å². The van der Waals surface area contributed by atoms with Crippen molar-refractivity contribution in [2.45, 2.75) is 22.4 Å². The normalized spacial score (nSPS) is 11.6. The Labute approximate surface area is 110 Å². The fourth-order valence-electron chi connectivity index (χ4n) is 1.42. The summed E-state index contributed by atoms with van der Waals surface area (Å²) in [6.45, 7) is 2.00. The van der Waals surface area contributed by atoms with E-state index in [0.717, 1.165) is 11.3 Å². The minimum Gasteiger partial charge on any atom is -0.218 e. The van der Waals surface area contributed by atoms with Crippen LogP contribution in [0.15, 0.2) is 45.5 Å². The predicted octanol–water partition coefficient (Wildman–Crippen LogP) is 3.80. The highest BCUT2D eigenvalue weighted by Gasteiger charge is 2.19. The van der Waals surface area contributed by atoms with Gasteiger partial charge in [0.15, 0.2) is 0 Å². The molecule has 0 amide bonds. The predicted molar refractivity (Wildman–Crippen MR) is 70.6 cm³/mol. The lowest BCUT2D eigenvalue weighted by Crippen LogP contribution is -1.98. The fraction of sp³-hybridized carbons (Fsp3) is 0.167. The lowest BCUT2D eigenvalue weighted by molar-refractivity contribution is 0.598. The average molecular weight is 287 g/mol. The van der Waals surface area contributed by atoms with Gasteiger partial charge in [0.05, 0.1) is 4.90 Å². The molecule has 0 aliphatic rings. The van der Waals surface area contributed by atoms with Crippen molar-refractivity contribution in [3.63, 3.8) is 0 Å². The molecule has 0 atom stereocenters. The molecule has 17 heavy (non-hydrogen) atoms. The van der Waals surface area contributed by atoms with Gasteiger partial charge in [0.1, 0.15) is 4.21 Å². The zero-order chi connectivity index (χ0) is 12.5. The monoisotopic (exact) mass is 286 g/mol. The third-order valence-corrected chi connectivity index (χ3v) is 6.12. The molecular weight excluding hydrogens is 276 g/mol. The zero-order valence-electron chi connectivity index (χ0n) is 9.18. The minimum atomic E-state index is -3.39. The summed E-state index contributed by atoms with van der Waals surface area (Å²) in [6, 6.07) is 9.75. The Morgan fingerprint density at radius 3 is 2.29 bits per heavy atom. The van der Waals surface area contributed by atoms with Crippen LogP contribution in [0.3, 0.4) is 0 Å². The van der Waals surface area contributed by atoms with Crippen molar-refractivity contribution in [2.75, 3.05) is 0 Å². The number of aryl methyl sites for hydroxylation is 1. The topological polar surface area (TPSA) is 34.1 Å². The van der Waals surface area contributed by atoms with Gasteiger partial charge in [-0.1, -0.05) is 18.5 Å². The van der Waals surface area contributed by atoms with Crippen molar-refractivity contribution in [3.8, 4) is 0 Å². The van der Waals surface area contributed by atoms with E-state index < -0.39 is 9.84 Å². The van der Waals surface area contributed by atoms with Crippen LogP contribution in [0, 0.1) is 0 Å². The molecule has 0 bridgehead atoms. The second kappa shape index (κ2) is 4.80. The molecule has 0 aliphatic carbocycles. The third-order valence-electron chi connectivity index (χ3n) is 2.37. The van der Waals surface area contributed by atoms with Gasteiger partial charge < -0.3 is 0 Å². The van der Waals surface area contributed by atoms with Gasteiger partial charge >= 0.3 is 0 Å². The van der Waals surface area contributed by atoms with Crippen LogP contribution < -0.4 is 0 Å². The second-order valence-electron chi connectivity index (χ2n) is 3.53. The van der Waals surface area contributed by atoms with Crippen LogP contribution in [0.25, 0.3) is 0 Å². The first-order valence-electron chi connectivity index (χ1n) is 5.13. The maximum atomic E-state index is 12.2. The molecule has 0 radical (unpaired) electrons. The van der Waals surface area contributed by atoms with Crippen LogP contribution in [0.5, 0.6) is 0 Å². The van der Waals surface area contributed by atoms with Gasteiger partial charge in [0.2, 0.25) is 9.84 Å². The van der Waals surface area contributed by atoms with E-state index in [9.17, 15) is 8.42 Å². The maximum absolute atomic E-state index is 12.2. The van der Waals surface area contributed by atoms with Crippen molar-refractivity contribution in [1.82, 2.24) is 0 Å². The molecule has 1 aromatic carbocycles. The lowest BCUT2D eigenvalue weighted by atomic mass is 10.4. The van der Waals surface area contributed by atoms with Gasteiger partial charge in [-0.3, -0.25) is 0 Å². The molecule has 0 spiro atoms. The summed E-state index contributed by atoms with van der Waals surface area (Å²) in [7, 11) is -3.39. The summed E-state index contributed by atoms with van der Waals surface area (Å²) < 4.78 is 24.9. The van der Waals surface area contributed by atoms with Crippen LogP contribution >= 0.6 is 22.9 Å². The fourth-order valence-corrected chi connectivity index (χ4v) is 4.25. The van der Waals surface area contributed by atoms with Crippen molar-refractivity contribution in [3.05, 3.63) is 46.3 Å². The van der Waals surface area contributed by atoms with Crippen molar-refractivity contribution >= 4 is 32.8 Å². The largest absolute Gasteiger partial charge is 0.218 e. The quantitative estimate of drug-likeness (QED) is 0.860.